The first-order valence-corrected chi connectivity index (χ1v) is 8.65. The molecule has 114 valence electrons. The van der Waals surface area contributed by atoms with Gasteiger partial charge in [0.1, 0.15) is 0 Å². The van der Waals surface area contributed by atoms with Gasteiger partial charge in [0.15, 0.2) is 0 Å². The highest BCUT2D eigenvalue weighted by molar-refractivity contribution is 9.10. The summed E-state index contributed by atoms with van der Waals surface area (Å²) in [5, 5.41) is 10.6. The number of non-ortho nitro benzene ring substituents is 1. The molecule has 2 aromatic rings. The van der Waals surface area contributed by atoms with Crippen molar-refractivity contribution in [2.24, 2.45) is 0 Å². The van der Waals surface area contributed by atoms with Gasteiger partial charge in [-0.15, -0.1) is 0 Å². The van der Waals surface area contributed by atoms with Gasteiger partial charge in [-0.3, -0.25) is 10.1 Å². The van der Waals surface area contributed by atoms with E-state index in [4.69, 9.17) is 0 Å². The second kappa shape index (κ2) is 5.45. The van der Waals surface area contributed by atoms with Crippen LogP contribution < -0.4 is 0 Å². The molecule has 0 spiro atoms. The molecule has 3 rings (SSSR count). The van der Waals surface area contributed by atoms with Crippen LogP contribution in [0.2, 0.25) is 0 Å². The maximum atomic E-state index is 12.5. The van der Waals surface area contributed by atoms with Crippen molar-refractivity contribution in [2.45, 2.75) is 10.9 Å². The largest absolute Gasteiger partial charge is 0.269 e. The van der Waals surface area contributed by atoms with Crippen LogP contribution in [0.15, 0.2) is 57.9 Å². The van der Waals surface area contributed by atoms with Gasteiger partial charge in [0, 0.05) is 23.2 Å². The Hall–Kier alpha value is -1.77. The molecule has 0 aliphatic carbocycles. The molecule has 0 saturated carbocycles. The summed E-state index contributed by atoms with van der Waals surface area (Å²) in [6.45, 7) is 0.405. The van der Waals surface area contributed by atoms with E-state index in [1.165, 1.54) is 28.6 Å². The second-order valence-corrected chi connectivity index (χ2v) is 7.61. The Bertz CT molecular complexity index is 836. The van der Waals surface area contributed by atoms with Crippen molar-refractivity contribution in [3.8, 4) is 0 Å². The standard InChI is InChI=1S/C14H11BrN2O4S/c15-13-4-2-1-3-12(13)14-9-16(14)22(20,21)11-7-5-10(6-8-11)17(18)19/h1-8,14H,9H2. The number of hydrogen-bond acceptors (Lipinski definition) is 4. The SMILES string of the molecule is O=[N+]([O-])c1ccc(S(=O)(=O)N2CC2c2ccccc2Br)cc1. The molecule has 2 atom stereocenters. The number of sulfonamides is 1. The van der Waals surface area contributed by atoms with E-state index in [9.17, 15) is 18.5 Å². The molecule has 22 heavy (non-hydrogen) atoms. The van der Waals surface area contributed by atoms with Gasteiger partial charge >= 0.3 is 0 Å². The van der Waals surface area contributed by atoms with E-state index in [1.54, 1.807) is 0 Å². The normalized spacial score (nSPS) is 20.6. The number of benzene rings is 2. The van der Waals surface area contributed by atoms with Gasteiger partial charge < -0.3 is 0 Å². The number of nitro benzene ring substituents is 1. The fourth-order valence-electron chi connectivity index (χ4n) is 2.26. The summed E-state index contributed by atoms with van der Waals surface area (Å²) in [4.78, 5) is 10.1. The highest BCUT2D eigenvalue weighted by Gasteiger charge is 2.46. The van der Waals surface area contributed by atoms with Crippen molar-refractivity contribution < 1.29 is 13.3 Å². The third kappa shape index (κ3) is 2.65. The highest BCUT2D eigenvalue weighted by Crippen LogP contribution is 2.42. The average Bonchev–Trinajstić information content (AvgIpc) is 3.29. The fourth-order valence-corrected chi connectivity index (χ4v) is 4.35. The van der Waals surface area contributed by atoms with E-state index in [0.29, 0.717) is 6.54 Å². The third-order valence-corrected chi connectivity index (χ3v) is 6.10. The van der Waals surface area contributed by atoms with Gasteiger partial charge in [-0.05, 0) is 23.8 Å². The zero-order valence-corrected chi connectivity index (χ0v) is 13.6. The minimum absolute atomic E-state index is 0.0626. The summed E-state index contributed by atoms with van der Waals surface area (Å²) in [7, 11) is -3.63. The van der Waals surface area contributed by atoms with Gasteiger partial charge in [-0.25, -0.2) is 8.42 Å². The minimum Gasteiger partial charge on any atom is -0.258 e. The molecule has 8 heteroatoms. The van der Waals surface area contributed by atoms with Crippen LogP contribution in [0.4, 0.5) is 5.69 Å². The molecular weight excluding hydrogens is 372 g/mol. The Kier molecular flexibility index (Phi) is 3.75. The lowest BCUT2D eigenvalue weighted by molar-refractivity contribution is -0.384. The van der Waals surface area contributed by atoms with Gasteiger partial charge in [0.25, 0.3) is 5.69 Å². The molecular formula is C14H11BrN2O4S. The van der Waals surface area contributed by atoms with E-state index in [-0.39, 0.29) is 16.6 Å². The van der Waals surface area contributed by atoms with Gasteiger partial charge in [-0.1, -0.05) is 34.1 Å². The molecule has 2 aromatic carbocycles. The monoisotopic (exact) mass is 382 g/mol. The van der Waals surface area contributed by atoms with Gasteiger partial charge in [0.05, 0.1) is 15.9 Å². The molecule has 1 fully saturated rings. The van der Waals surface area contributed by atoms with Crippen molar-refractivity contribution in [3.63, 3.8) is 0 Å². The predicted octanol–water partition coefficient (Wildman–Crippen LogP) is 3.10. The number of rotatable bonds is 4. The molecule has 6 nitrogen and oxygen atoms in total. The lowest BCUT2D eigenvalue weighted by Gasteiger charge is -2.07. The minimum atomic E-state index is -3.63. The van der Waals surface area contributed by atoms with E-state index >= 15 is 0 Å². The third-order valence-electron chi connectivity index (χ3n) is 3.49. The Morgan fingerprint density at radius 2 is 1.77 bits per heavy atom. The molecule has 1 saturated heterocycles. The van der Waals surface area contributed by atoms with Crippen LogP contribution in [-0.2, 0) is 10.0 Å². The van der Waals surface area contributed by atoms with Crippen molar-refractivity contribution in [2.75, 3.05) is 6.54 Å². The Balaban J connectivity index is 1.86. The van der Waals surface area contributed by atoms with Crippen LogP contribution in [0.1, 0.15) is 11.6 Å². The van der Waals surface area contributed by atoms with E-state index in [0.717, 1.165) is 10.0 Å². The summed E-state index contributed by atoms with van der Waals surface area (Å²) in [6.07, 6.45) is 0. The van der Waals surface area contributed by atoms with E-state index in [2.05, 4.69) is 15.9 Å². The fraction of sp³-hybridized carbons (Fsp3) is 0.143. The molecule has 2 unspecified atom stereocenters. The van der Waals surface area contributed by atoms with Crippen molar-refractivity contribution >= 4 is 31.6 Å². The summed E-state index contributed by atoms with van der Waals surface area (Å²) in [6, 6.07) is 12.2. The maximum absolute atomic E-state index is 12.5. The molecule has 0 amide bonds. The number of hydrogen-bond donors (Lipinski definition) is 0. The molecule has 1 aliphatic heterocycles. The Morgan fingerprint density at radius 1 is 1.14 bits per heavy atom. The van der Waals surface area contributed by atoms with Crippen LogP contribution in [-0.4, -0.2) is 24.2 Å². The average molecular weight is 383 g/mol. The number of nitrogens with zero attached hydrogens (tertiary/aromatic N) is 2. The Labute approximate surface area is 135 Å². The van der Waals surface area contributed by atoms with Gasteiger partial charge in [-0.2, -0.15) is 4.31 Å². The summed E-state index contributed by atoms with van der Waals surface area (Å²) in [5.74, 6) is 0. The van der Waals surface area contributed by atoms with Crippen LogP contribution in [0.25, 0.3) is 0 Å². The number of nitro groups is 1. The first-order chi connectivity index (χ1) is 10.4. The van der Waals surface area contributed by atoms with E-state index in [1.807, 2.05) is 24.3 Å². The van der Waals surface area contributed by atoms with Crippen LogP contribution >= 0.6 is 15.9 Å². The predicted molar refractivity (Wildman–Crippen MR) is 83.9 cm³/mol. The molecule has 1 aliphatic rings. The quantitative estimate of drug-likeness (QED) is 0.462. The summed E-state index contributed by atoms with van der Waals surface area (Å²) >= 11 is 3.42. The topological polar surface area (TPSA) is 80.3 Å². The van der Waals surface area contributed by atoms with Crippen LogP contribution in [0.5, 0.6) is 0 Å². The second-order valence-electron chi connectivity index (χ2n) is 4.86. The summed E-state index contributed by atoms with van der Waals surface area (Å²) < 4.78 is 27.3. The Morgan fingerprint density at radius 3 is 2.36 bits per heavy atom. The zero-order chi connectivity index (χ0) is 15.9. The van der Waals surface area contributed by atoms with Crippen molar-refractivity contribution in [1.82, 2.24) is 4.31 Å². The highest BCUT2D eigenvalue weighted by atomic mass is 79.9. The lowest BCUT2D eigenvalue weighted by atomic mass is 10.2. The molecule has 0 bridgehead atoms. The van der Waals surface area contributed by atoms with Crippen molar-refractivity contribution in [1.29, 1.82) is 0 Å². The van der Waals surface area contributed by atoms with Crippen molar-refractivity contribution in [3.05, 3.63) is 68.7 Å². The maximum Gasteiger partial charge on any atom is 0.269 e. The molecule has 0 radical (unpaired) electrons. The summed E-state index contributed by atoms with van der Waals surface area (Å²) in [5.41, 5.74) is 0.778. The van der Waals surface area contributed by atoms with Gasteiger partial charge in [0.2, 0.25) is 10.0 Å². The van der Waals surface area contributed by atoms with Crippen LogP contribution in [0.3, 0.4) is 0 Å². The zero-order valence-electron chi connectivity index (χ0n) is 11.2. The molecule has 1 heterocycles. The molecule has 0 N–H and O–H groups in total. The first-order valence-electron chi connectivity index (χ1n) is 6.42. The smallest absolute Gasteiger partial charge is 0.258 e. The van der Waals surface area contributed by atoms with E-state index < -0.39 is 14.9 Å². The molecule has 0 aromatic heterocycles. The number of halogens is 1. The van der Waals surface area contributed by atoms with Crippen LogP contribution in [0, 0.1) is 10.1 Å². The lowest BCUT2D eigenvalue weighted by Crippen LogP contribution is -2.12. The first kappa shape index (κ1) is 15.1.